The van der Waals surface area contributed by atoms with Crippen LogP contribution in [0.2, 0.25) is 5.02 Å². The minimum Gasteiger partial charge on any atom is -0.368 e. The summed E-state index contributed by atoms with van der Waals surface area (Å²) in [6, 6.07) is 11.8. The second kappa shape index (κ2) is 8.41. The monoisotopic (exact) mass is 372 g/mol. The van der Waals surface area contributed by atoms with E-state index in [2.05, 4.69) is 22.1 Å². The minimum absolute atomic E-state index is 0.00380. The van der Waals surface area contributed by atoms with Gasteiger partial charge >= 0.3 is 6.03 Å². The predicted molar refractivity (Wildman–Crippen MR) is 106 cm³/mol. The Labute approximate surface area is 160 Å². The van der Waals surface area contributed by atoms with Crippen LogP contribution in [0.3, 0.4) is 0 Å². The molecule has 1 N–H and O–H groups in total. The molecule has 0 unspecified atom stereocenters. The summed E-state index contributed by atoms with van der Waals surface area (Å²) in [6.45, 7) is 7.12. The number of urea groups is 1. The lowest BCUT2D eigenvalue weighted by Crippen LogP contribution is -2.53. The Morgan fingerprint density at radius 3 is 2.69 bits per heavy atom. The molecule has 1 atom stereocenters. The molecule has 2 aromatic rings. The maximum absolute atomic E-state index is 12.5. The van der Waals surface area contributed by atoms with Crippen molar-refractivity contribution in [1.82, 2.24) is 15.2 Å². The first-order valence-corrected chi connectivity index (χ1v) is 9.37. The van der Waals surface area contributed by atoms with Gasteiger partial charge in [0.1, 0.15) is 0 Å². The van der Waals surface area contributed by atoms with Crippen LogP contribution in [0.4, 0.5) is 10.5 Å². The molecule has 1 saturated heterocycles. The van der Waals surface area contributed by atoms with Crippen LogP contribution in [0.5, 0.6) is 0 Å². The zero-order valence-electron chi connectivity index (χ0n) is 15.3. The predicted octanol–water partition coefficient (Wildman–Crippen LogP) is 3.51. The number of rotatable bonds is 4. The molecular weight excluding hydrogens is 348 g/mol. The summed E-state index contributed by atoms with van der Waals surface area (Å²) in [7, 11) is 0. The summed E-state index contributed by atoms with van der Waals surface area (Å²) in [5, 5.41) is 3.83. The maximum Gasteiger partial charge on any atom is 0.317 e. The van der Waals surface area contributed by atoms with Crippen LogP contribution < -0.4 is 10.2 Å². The van der Waals surface area contributed by atoms with Gasteiger partial charge in [-0.25, -0.2) is 4.79 Å². The lowest BCUT2D eigenvalue weighted by atomic mass is 10.1. The van der Waals surface area contributed by atoms with E-state index in [-0.39, 0.29) is 12.1 Å². The van der Waals surface area contributed by atoms with Crippen molar-refractivity contribution >= 4 is 23.3 Å². The van der Waals surface area contributed by atoms with E-state index in [4.69, 9.17) is 11.6 Å². The number of nitrogens with one attached hydrogen (secondary N) is 1. The summed E-state index contributed by atoms with van der Waals surface area (Å²) < 4.78 is 0. The molecule has 138 valence electrons. The summed E-state index contributed by atoms with van der Waals surface area (Å²) >= 11 is 6.13. The smallest absolute Gasteiger partial charge is 0.317 e. The quantitative estimate of drug-likeness (QED) is 0.893. The van der Waals surface area contributed by atoms with E-state index in [1.807, 2.05) is 48.2 Å². The first-order valence-electron chi connectivity index (χ1n) is 8.99. The molecule has 0 spiro atoms. The second-order valence-corrected chi connectivity index (χ2v) is 7.22. The average Bonchev–Trinajstić information content (AvgIpc) is 2.64. The van der Waals surface area contributed by atoms with E-state index >= 15 is 0 Å². The second-order valence-electron chi connectivity index (χ2n) is 6.78. The van der Waals surface area contributed by atoms with E-state index in [1.165, 1.54) is 5.56 Å². The highest BCUT2D eigenvalue weighted by atomic mass is 35.5. The molecule has 0 bridgehead atoms. The molecule has 5 nitrogen and oxygen atoms in total. The molecule has 1 fully saturated rings. The van der Waals surface area contributed by atoms with E-state index in [0.29, 0.717) is 13.1 Å². The van der Waals surface area contributed by atoms with Crippen LogP contribution >= 0.6 is 11.6 Å². The van der Waals surface area contributed by atoms with Gasteiger partial charge in [0.15, 0.2) is 0 Å². The molecule has 2 heterocycles. The number of nitrogens with zero attached hydrogens (tertiary/aromatic N) is 3. The first-order chi connectivity index (χ1) is 12.5. The number of aromatic nitrogens is 1. The van der Waals surface area contributed by atoms with Crippen molar-refractivity contribution in [3.8, 4) is 0 Å². The largest absolute Gasteiger partial charge is 0.368 e. The number of pyridine rings is 1. The number of anilines is 1. The summed E-state index contributed by atoms with van der Waals surface area (Å²) in [4.78, 5) is 21.0. The highest BCUT2D eigenvalue weighted by molar-refractivity contribution is 6.30. The molecule has 6 heteroatoms. The van der Waals surface area contributed by atoms with Crippen LogP contribution in [-0.4, -0.2) is 48.1 Å². The zero-order valence-corrected chi connectivity index (χ0v) is 16.0. The van der Waals surface area contributed by atoms with Gasteiger partial charge in [-0.1, -0.05) is 23.7 Å². The average molecular weight is 373 g/mol. The number of hydrogen-bond donors (Lipinski definition) is 1. The topological polar surface area (TPSA) is 48.5 Å². The number of carbonyl (C=O) groups is 1. The zero-order chi connectivity index (χ0) is 18.5. The Morgan fingerprint density at radius 2 is 2.00 bits per heavy atom. The van der Waals surface area contributed by atoms with Gasteiger partial charge in [0, 0.05) is 61.2 Å². The van der Waals surface area contributed by atoms with Crippen molar-refractivity contribution < 1.29 is 4.79 Å². The number of hydrogen-bond acceptors (Lipinski definition) is 3. The van der Waals surface area contributed by atoms with E-state index in [9.17, 15) is 4.79 Å². The number of halogens is 1. The summed E-state index contributed by atoms with van der Waals surface area (Å²) in [5.41, 5.74) is 3.35. The lowest BCUT2D eigenvalue weighted by molar-refractivity contribution is 0.191. The highest BCUT2D eigenvalue weighted by Gasteiger charge is 2.23. The van der Waals surface area contributed by atoms with Crippen molar-refractivity contribution in [3.63, 3.8) is 0 Å². The fourth-order valence-corrected chi connectivity index (χ4v) is 3.43. The van der Waals surface area contributed by atoms with Crippen molar-refractivity contribution in [2.75, 3.05) is 31.1 Å². The van der Waals surface area contributed by atoms with Gasteiger partial charge < -0.3 is 15.1 Å². The Kier molecular flexibility index (Phi) is 5.99. The van der Waals surface area contributed by atoms with Crippen molar-refractivity contribution in [2.45, 2.75) is 26.3 Å². The molecule has 26 heavy (non-hydrogen) atoms. The molecule has 2 amide bonds. The van der Waals surface area contributed by atoms with Crippen LogP contribution in [-0.2, 0) is 6.42 Å². The fourth-order valence-electron chi connectivity index (χ4n) is 3.26. The normalized spacial score (nSPS) is 15.7. The molecule has 1 aliphatic heterocycles. The Bertz CT molecular complexity index is 745. The van der Waals surface area contributed by atoms with E-state index in [0.717, 1.165) is 35.9 Å². The van der Waals surface area contributed by atoms with E-state index < -0.39 is 0 Å². The van der Waals surface area contributed by atoms with Gasteiger partial charge in [-0.2, -0.15) is 0 Å². The Balaban J connectivity index is 1.51. The van der Waals surface area contributed by atoms with Gasteiger partial charge in [0.25, 0.3) is 0 Å². The third-order valence-electron chi connectivity index (χ3n) is 4.69. The number of piperazine rings is 1. The Hall–Kier alpha value is -2.27. The molecule has 1 aromatic carbocycles. The van der Waals surface area contributed by atoms with Crippen LogP contribution in [0, 0.1) is 6.92 Å². The molecule has 0 aliphatic carbocycles. The molecule has 3 rings (SSSR count). The third-order valence-corrected chi connectivity index (χ3v) is 4.93. The van der Waals surface area contributed by atoms with Crippen LogP contribution in [0.15, 0.2) is 42.6 Å². The third kappa shape index (κ3) is 4.67. The van der Waals surface area contributed by atoms with Gasteiger partial charge in [0.2, 0.25) is 0 Å². The number of carbonyl (C=O) groups excluding carboxylic acids is 1. The summed E-state index contributed by atoms with van der Waals surface area (Å²) in [6.07, 6.45) is 2.51. The lowest BCUT2D eigenvalue weighted by Gasteiger charge is -2.37. The molecule has 1 aliphatic rings. The maximum atomic E-state index is 12.5. The Morgan fingerprint density at radius 1 is 1.23 bits per heavy atom. The minimum atomic E-state index is -0.00380. The molecular formula is C20H25ClN4O. The highest BCUT2D eigenvalue weighted by Crippen LogP contribution is 2.25. The molecule has 0 radical (unpaired) electrons. The molecule has 0 saturated carbocycles. The van der Waals surface area contributed by atoms with Crippen molar-refractivity contribution in [3.05, 3.63) is 58.9 Å². The van der Waals surface area contributed by atoms with Crippen molar-refractivity contribution in [1.29, 1.82) is 0 Å². The number of amides is 2. The van der Waals surface area contributed by atoms with Gasteiger partial charge in [-0.05, 0) is 43.7 Å². The van der Waals surface area contributed by atoms with Crippen molar-refractivity contribution in [2.24, 2.45) is 0 Å². The van der Waals surface area contributed by atoms with Gasteiger partial charge in [-0.3, -0.25) is 4.98 Å². The number of benzene rings is 1. The fraction of sp³-hybridized carbons (Fsp3) is 0.400. The van der Waals surface area contributed by atoms with Crippen LogP contribution in [0.1, 0.15) is 18.2 Å². The SMILES string of the molecule is Cc1ccc(Cl)cc1N1CCN(C(=O)N[C@@H](C)Cc2ccccn2)CC1. The first kappa shape index (κ1) is 18.5. The number of aryl methyl sites for hydroxylation is 1. The van der Waals surface area contributed by atoms with Gasteiger partial charge in [0.05, 0.1) is 0 Å². The van der Waals surface area contributed by atoms with Crippen LogP contribution in [0.25, 0.3) is 0 Å². The standard InChI is InChI=1S/C20H25ClN4O/c1-15-6-7-17(21)14-19(15)24-9-11-25(12-10-24)20(26)23-16(2)13-18-5-3-4-8-22-18/h3-8,14,16H,9-13H2,1-2H3,(H,23,26)/t16-/m0/s1. The van der Waals surface area contributed by atoms with Gasteiger partial charge in [-0.15, -0.1) is 0 Å². The summed E-state index contributed by atoms with van der Waals surface area (Å²) in [5.74, 6) is 0. The molecule has 1 aromatic heterocycles. The van der Waals surface area contributed by atoms with E-state index in [1.54, 1.807) is 6.20 Å².